The molecule has 2 unspecified atom stereocenters. The number of benzene rings is 2. The molecule has 0 spiro atoms. The van der Waals surface area contributed by atoms with Crippen molar-refractivity contribution >= 4 is 27.7 Å². The fraction of sp³-hybridized carbons (Fsp3) is 0.200. The molecule has 0 saturated carbocycles. The van der Waals surface area contributed by atoms with Gasteiger partial charge in [0.05, 0.1) is 4.47 Å². The molecule has 98 valence electrons. The molecule has 0 bridgehead atoms. The second kappa shape index (κ2) is 5.27. The van der Waals surface area contributed by atoms with E-state index in [1.54, 1.807) is 23.9 Å². The van der Waals surface area contributed by atoms with Crippen LogP contribution in [-0.4, -0.2) is 5.75 Å². The minimum absolute atomic E-state index is 0.171. The monoisotopic (exact) mass is 337 g/mol. The molecule has 2 atom stereocenters. The molecule has 0 radical (unpaired) electrons. The summed E-state index contributed by atoms with van der Waals surface area (Å²) in [5.41, 5.74) is 8.13. The lowest BCUT2D eigenvalue weighted by atomic mass is 9.89. The molecule has 2 aromatic rings. The largest absolute Gasteiger partial charge is 0.323 e. The normalized spacial score (nSPS) is 19.2. The van der Waals surface area contributed by atoms with Crippen LogP contribution in [0.5, 0.6) is 0 Å². The average molecular weight is 338 g/mol. The first kappa shape index (κ1) is 13.2. The van der Waals surface area contributed by atoms with Crippen molar-refractivity contribution in [3.8, 4) is 0 Å². The molecular weight excluding hydrogens is 325 g/mol. The van der Waals surface area contributed by atoms with Crippen molar-refractivity contribution < 1.29 is 4.39 Å². The quantitative estimate of drug-likeness (QED) is 0.874. The zero-order chi connectivity index (χ0) is 13.4. The Balaban J connectivity index is 1.98. The standard InChI is InChI=1S/C15H13BrFNS/c16-12-6-3-5-10(14(12)17)15(18)11-8-19-13-7-2-1-4-9(11)13/h1-7,11,15H,8,18H2. The number of hydrogen-bond acceptors (Lipinski definition) is 2. The third kappa shape index (κ3) is 2.33. The molecule has 1 nitrogen and oxygen atoms in total. The summed E-state index contributed by atoms with van der Waals surface area (Å²) in [6.45, 7) is 0. The van der Waals surface area contributed by atoms with E-state index in [0.29, 0.717) is 10.0 Å². The van der Waals surface area contributed by atoms with Crippen molar-refractivity contribution in [2.24, 2.45) is 5.73 Å². The van der Waals surface area contributed by atoms with Gasteiger partial charge in [-0.3, -0.25) is 0 Å². The van der Waals surface area contributed by atoms with Gasteiger partial charge in [0, 0.05) is 28.2 Å². The van der Waals surface area contributed by atoms with Crippen molar-refractivity contribution in [2.75, 3.05) is 5.75 Å². The minimum atomic E-state index is -0.311. The van der Waals surface area contributed by atoms with E-state index < -0.39 is 0 Å². The number of rotatable bonds is 2. The van der Waals surface area contributed by atoms with Gasteiger partial charge in [-0.25, -0.2) is 4.39 Å². The molecular formula is C15H13BrFNS. The Kier molecular flexibility index (Phi) is 3.65. The van der Waals surface area contributed by atoms with Gasteiger partial charge in [-0.15, -0.1) is 11.8 Å². The van der Waals surface area contributed by atoms with Crippen LogP contribution in [0.2, 0.25) is 0 Å². The molecule has 0 fully saturated rings. The minimum Gasteiger partial charge on any atom is -0.323 e. The van der Waals surface area contributed by atoms with Crippen molar-refractivity contribution in [2.45, 2.75) is 16.9 Å². The van der Waals surface area contributed by atoms with E-state index >= 15 is 0 Å². The summed E-state index contributed by atoms with van der Waals surface area (Å²) in [5.74, 6) is 0.835. The van der Waals surface area contributed by atoms with Crippen LogP contribution in [0.4, 0.5) is 4.39 Å². The summed E-state index contributed by atoms with van der Waals surface area (Å²) in [7, 11) is 0. The van der Waals surface area contributed by atoms with Crippen LogP contribution in [0.3, 0.4) is 0 Å². The Bertz CT molecular complexity index is 617. The van der Waals surface area contributed by atoms with Crippen LogP contribution in [-0.2, 0) is 0 Å². The highest BCUT2D eigenvalue weighted by Gasteiger charge is 2.30. The summed E-state index contributed by atoms with van der Waals surface area (Å²) in [6.07, 6.45) is 0. The fourth-order valence-electron chi connectivity index (χ4n) is 2.48. The number of hydrogen-bond donors (Lipinski definition) is 1. The lowest BCUT2D eigenvalue weighted by molar-refractivity contribution is 0.540. The van der Waals surface area contributed by atoms with E-state index in [0.717, 1.165) is 5.75 Å². The van der Waals surface area contributed by atoms with Crippen LogP contribution in [0.15, 0.2) is 51.8 Å². The Hall–Kier alpha value is -0.840. The van der Waals surface area contributed by atoms with Crippen molar-refractivity contribution in [3.63, 3.8) is 0 Å². The van der Waals surface area contributed by atoms with E-state index in [2.05, 4.69) is 28.1 Å². The highest BCUT2D eigenvalue weighted by atomic mass is 79.9. The summed E-state index contributed by atoms with van der Waals surface area (Å²) < 4.78 is 14.6. The predicted octanol–water partition coefficient (Wildman–Crippen LogP) is 4.48. The van der Waals surface area contributed by atoms with Gasteiger partial charge in [0.15, 0.2) is 0 Å². The first-order valence-electron chi connectivity index (χ1n) is 6.09. The predicted molar refractivity (Wildman–Crippen MR) is 80.9 cm³/mol. The van der Waals surface area contributed by atoms with Gasteiger partial charge >= 0.3 is 0 Å². The van der Waals surface area contributed by atoms with Gasteiger partial charge in [-0.05, 0) is 33.6 Å². The van der Waals surface area contributed by atoms with Gasteiger partial charge in [0.25, 0.3) is 0 Å². The van der Waals surface area contributed by atoms with E-state index in [1.165, 1.54) is 10.5 Å². The fourth-order valence-corrected chi connectivity index (χ4v) is 4.17. The Morgan fingerprint density at radius 3 is 2.84 bits per heavy atom. The van der Waals surface area contributed by atoms with Crippen LogP contribution in [0.25, 0.3) is 0 Å². The van der Waals surface area contributed by atoms with Gasteiger partial charge < -0.3 is 5.73 Å². The number of nitrogens with two attached hydrogens (primary N) is 1. The Morgan fingerprint density at radius 2 is 2.00 bits per heavy atom. The molecule has 0 saturated heterocycles. The maximum Gasteiger partial charge on any atom is 0.142 e. The van der Waals surface area contributed by atoms with Gasteiger partial charge in [-0.2, -0.15) is 0 Å². The second-order valence-electron chi connectivity index (χ2n) is 4.62. The summed E-state index contributed by atoms with van der Waals surface area (Å²) >= 11 is 5.01. The summed E-state index contributed by atoms with van der Waals surface area (Å²) in [4.78, 5) is 1.26. The van der Waals surface area contributed by atoms with Gasteiger partial charge in [-0.1, -0.05) is 30.3 Å². The van der Waals surface area contributed by atoms with E-state index in [1.807, 2.05) is 18.2 Å². The lowest BCUT2D eigenvalue weighted by Crippen LogP contribution is -2.21. The molecule has 2 aromatic carbocycles. The maximum absolute atomic E-state index is 14.1. The Labute approximate surface area is 124 Å². The van der Waals surface area contributed by atoms with E-state index in [-0.39, 0.29) is 17.8 Å². The third-order valence-corrected chi connectivity index (χ3v) is 5.33. The smallest absolute Gasteiger partial charge is 0.142 e. The molecule has 2 N–H and O–H groups in total. The summed E-state index contributed by atoms with van der Waals surface area (Å²) in [5, 5.41) is 0. The number of thioether (sulfide) groups is 1. The van der Waals surface area contributed by atoms with Crippen molar-refractivity contribution in [1.29, 1.82) is 0 Å². The molecule has 0 aliphatic carbocycles. The highest BCUT2D eigenvalue weighted by molar-refractivity contribution is 9.10. The lowest BCUT2D eigenvalue weighted by Gasteiger charge is -2.21. The number of halogens is 2. The molecule has 0 amide bonds. The van der Waals surface area contributed by atoms with E-state index in [9.17, 15) is 4.39 Å². The van der Waals surface area contributed by atoms with Crippen LogP contribution >= 0.6 is 27.7 Å². The maximum atomic E-state index is 14.1. The molecule has 3 rings (SSSR count). The highest BCUT2D eigenvalue weighted by Crippen LogP contribution is 2.45. The molecule has 1 heterocycles. The Morgan fingerprint density at radius 1 is 1.21 bits per heavy atom. The van der Waals surface area contributed by atoms with Gasteiger partial charge in [0.1, 0.15) is 5.82 Å². The van der Waals surface area contributed by atoms with Crippen LogP contribution < -0.4 is 5.73 Å². The zero-order valence-corrected chi connectivity index (χ0v) is 12.5. The van der Waals surface area contributed by atoms with Crippen molar-refractivity contribution in [1.82, 2.24) is 0 Å². The first-order chi connectivity index (χ1) is 9.18. The zero-order valence-electron chi connectivity index (χ0n) is 10.1. The number of fused-ring (bicyclic) bond motifs is 1. The second-order valence-corrected chi connectivity index (χ2v) is 6.54. The van der Waals surface area contributed by atoms with Crippen LogP contribution in [0.1, 0.15) is 23.1 Å². The molecule has 0 aromatic heterocycles. The van der Waals surface area contributed by atoms with E-state index in [4.69, 9.17) is 5.73 Å². The molecule has 19 heavy (non-hydrogen) atoms. The SMILES string of the molecule is NC(c1cccc(Br)c1F)C1CSc2ccccc21. The first-order valence-corrected chi connectivity index (χ1v) is 7.87. The average Bonchev–Trinajstić information content (AvgIpc) is 2.85. The van der Waals surface area contributed by atoms with Crippen LogP contribution in [0, 0.1) is 5.82 Å². The van der Waals surface area contributed by atoms with Crippen molar-refractivity contribution in [3.05, 3.63) is 63.9 Å². The molecule has 1 aliphatic heterocycles. The topological polar surface area (TPSA) is 26.0 Å². The summed E-state index contributed by atoms with van der Waals surface area (Å²) in [6, 6.07) is 13.2. The molecule has 1 aliphatic rings. The van der Waals surface area contributed by atoms with Gasteiger partial charge in [0.2, 0.25) is 0 Å². The third-order valence-electron chi connectivity index (χ3n) is 3.51. The molecule has 4 heteroatoms.